The van der Waals surface area contributed by atoms with Gasteiger partial charge in [-0.2, -0.15) is 13.2 Å². The predicted molar refractivity (Wildman–Crippen MR) is 224 cm³/mol. The normalized spacial score (nSPS) is 28.2. The highest BCUT2D eigenvalue weighted by Gasteiger charge is 2.46. The Morgan fingerprint density at radius 1 is 0.953 bits per heavy atom. The summed E-state index contributed by atoms with van der Waals surface area (Å²) in [5, 5.41) is 18.0. The lowest BCUT2D eigenvalue weighted by Gasteiger charge is -2.35. The smallest absolute Gasteiger partial charge is 0.471 e. The number of esters is 2. The van der Waals surface area contributed by atoms with Crippen LogP contribution in [0.1, 0.15) is 93.1 Å². The maximum absolute atomic E-state index is 14.5. The number of hydrogen-bond donors (Lipinski definition) is 4. The van der Waals surface area contributed by atoms with Crippen molar-refractivity contribution >= 4 is 47.3 Å². The lowest BCUT2D eigenvalue weighted by Crippen LogP contribution is -2.60. The first kappa shape index (κ1) is 53.1. The number of aliphatic hydroxyl groups is 1. The first-order valence-electron chi connectivity index (χ1n) is 21.6. The Morgan fingerprint density at radius 2 is 1.58 bits per heavy atom. The Bertz CT molecular complexity index is 1840. The molecule has 0 aromatic heterocycles. The highest BCUT2D eigenvalue weighted by molar-refractivity contribution is 6.05. The zero-order valence-electron chi connectivity index (χ0n) is 38.2. The lowest BCUT2D eigenvalue weighted by atomic mass is 9.91. The number of hydrogen-bond acceptors (Lipinski definition) is 12. The number of fused-ring (bicyclic) bond motifs is 1. The van der Waals surface area contributed by atoms with Crippen molar-refractivity contribution in [3.8, 4) is 5.75 Å². The molecular weight excluding hydrogens is 848 g/mol. The SMILES string of the molecule is CC[C@H](C)[C@H]1NC(=O)[C@@H](NC(=O)C(F)(F)F)[C@@H](C)OC(=O)[C@H](Cc2ccc(OC)cc2)N(C)C(=O)[C@@H]2CCCN2C(=O)[C@H](CC(C)C)NC(=O)[C@@H](C)C(=O)[C@H](C(C)C)OC(=O)C[C@@H]1O. The molecule has 358 valence electrons. The second kappa shape index (κ2) is 23.1. The lowest BCUT2D eigenvalue weighted by molar-refractivity contribution is -0.177. The minimum Gasteiger partial charge on any atom is -0.497 e. The number of amides is 5. The number of aliphatic hydroxyl groups excluding tert-OH is 1. The van der Waals surface area contributed by atoms with Gasteiger partial charge in [0.25, 0.3) is 0 Å². The summed E-state index contributed by atoms with van der Waals surface area (Å²) < 4.78 is 57.5. The number of cyclic esters (lactones) is 2. The zero-order valence-corrected chi connectivity index (χ0v) is 38.2. The third-order valence-electron chi connectivity index (χ3n) is 11.7. The van der Waals surface area contributed by atoms with E-state index in [1.54, 1.807) is 57.3 Å². The summed E-state index contributed by atoms with van der Waals surface area (Å²) in [5.74, 6) is -11.6. The average molecular weight is 912 g/mol. The monoisotopic (exact) mass is 911 g/mol. The molecule has 17 nitrogen and oxygen atoms in total. The zero-order chi connectivity index (χ0) is 48.4. The van der Waals surface area contributed by atoms with Crippen molar-refractivity contribution < 1.29 is 70.8 Å². The second-order valence-electron chi connectivity index (χ2n) is 17.5. The van der Waals surface area contributed by atoms with Crippen molar-refractivity contribution in [2.75, 3.05) is 20.7 Å². The molecule has 20 heteroatoms. The molecule has 0 saturated carbocycles. The van der Waals surface area contributed by atoms with Gasteiger partial charge in [-0.3, -0.25) is 33.6 Å². The molecule has 4 N–H and O–H groups in total. The van der Waals surface area contributed by atoms with Gasteiger partial charge in [0.15, 0.2) is 11.9 Å². The Kier molecular flexibility index (Phi) is 19.1. The van der Waals surface area contributed by atoms with Gasteiger partial charge in [-0.15, -0.1) is 0 Å². The van der Waals surface area contributed by atoms with Gasteiger partial charge in [0.05, 0.1) is 31.6 Å². The quantitative estimate of drug-likeness (QED) is 0.207. The van der Waals surface area contributed by atoms with E-state index >= 15 is 0 Å². The van der Waals surface area contributed by atoms with Crippen molar-refractivity contribution in [1.29, 1.82) is 0 Å². The van der Waals surface area contributed by atoms with Crippen LogP contribution in [0.15, 0.2) is 24.3 Å². The van der Waals surface area contributed by atoms with Gasteiger partial charge in [-0.1, -0.05) is 60.1 Å². The number of ketones is 1. The third kappa shape index (κ3) is 13.9. The van der Waals surface area contributed by atoms with E-state index in [0.29, 0.717) is 17.7 Å². The average Bonchev–Trinajstić information content (AvgIpc) is 3.73. The molecule has 1 aromatic carbocycles. The van der Waals surface area contributed by atoms with E-state index in [9.17, 15) is 56.6 Å². The number of nitrogens with one attached hydrogen (secondary N) is 3. The molecule has 0 bridgehead atoms. The van der Waals surface area contributed by atoms with Crippen LogP contribution in [-0.2, 0) is 54.3 Å². The number of nitrogens with zero attached hydrogens (tertiary/aromatic N) is 2. The number of likely N-dealkylation sites (N-methyl/N-ethyl adjacent to an activating group) is 1. The fourth-order valence-corrected chi connectivity index (χ4v) is 7.69. The van der Waals surface area contributed by atoms with Crippen LogP contribution in [-0.4, -0.2) is 138 Å². The van der Waals surface area contributed by atoms with Crippen LogP contribution >= 0.6 is 0 Å². The number of alkyl halides is 3. The Balaban J connectivity index is 2.22. The molecule has 0 radical (unpaired) electrons. The minimum absolute atomic E-state index is 0.0945. The molecule has 0 aliphatic carbocycles. The van der Waals surface area contributed by atoms with E-state index in [1.165, 1.54) is 26.0 Å². The first-order valence-corrected chi connectivity index (χ1v) is 21.6. The molecule has 2 aliphatic rings. The van der Waals surface area contributed by atoms with Crippen LogP contribution < -0.4 is 20.7 Å². The third-order valence-corrected chi connectivity index (χ3v) is 11.7. The fourth-order valence-electron chi connectivity index (χ4n) is 7.69. The first-order chi connectivity index (χ1) is 29.8. The summed E-state index contributed by atoms with van der Waals surface area (Å²) in [4.78, 5) is 113. The van der Waals surface area contributed by atoms with Gasteiger partial charge in [-0.25, -0.2) is 4.79 Å². The highest BCUT2D eigenvalue weighted by Crippen LogP contribution is 2.26. The van der Waals surface area contributed by atoms with Gasteiger partial charge < -0.3 is 45.1 Å². The number of benzene rings is 1. The van der Waals surface area contributed by atoms with E-state index in [2.05, 4.69) is 10.6 Å². The van der Waals surface area contributed by atoms with Gasteiger partial charge in [0, 0.05) is 20.0 Å². The molecule has 1 aromatic rings. The predicted octanol–water partition coefficient (Wildman–Crippen LogP) is 2.63. The molecule has 5 amide bonds. The number of carbonyl (C=O) groups excluding carboxylic acids is 8. The van der Waals surface area contributed by atoms with Crippen LogP contribution in [0.25, 0.3) is 0 Å². The Hall–Kier alpha value is -5.27. The van der Waals surface area contributed by atoms with Crippen molar-refractivity contribution in [3.05, 3.63) is 29.8 Å². The van der Waals surface area contributed by atoms with E-state index in [4.69, 9.17) is 14.2 Å². The molecule has 10 atom stereocenters. The summed E-state index contributed by atoms with van der Waals surface area (Å²) in [5.41, 5.74) is 0.485. The van der Waals surface area contributed by atoms with E-state index in [1.807, 2.05) is 13.8 Å². The van der Waals surface area contributed by atoms with Crippen LogP contribution in [0.3, 0.4) is 0 Å². The Labute approximate surface area is 371 Å². The topological polar surface area (TPSA) is 227 Å². The van der Waals surface area contributed by atoms with Crippen LogP contribution in [0.2, 0.25) is 0 Å². The summed E-state index contributed by atoms with van der Waals surface area (Å²) in [6.07, 6.45) is -10.8. The van der Waals surface area contributed by atoms with Gasteiger partial charge in [-0.05, 0) is 68.6 Å². The number of ether oxygens (including phenoxy) is 3. The molecule has 2 saturated heterocycles. The summed E-state index contributed by atoms with van der Waals surface area (Å²) in [6.45, 7) is 12.4. The van der Waals surface area contributed by atoms with Crippen LogP contribution in [0, 0.1) is 23.7 Å². The minimum atomic E-state index is -5.49. The van der Waals surface area contributed by atoms with Gasteiger partial charge in [0.1, 0.15) is 36.0 Å². The summed E-state index contributed by atoms with van der Waals surface area (Å²) in [7, 11) is 2.73. The largest absolute Gasteiger partial charge is 0.497 e. The van der Waals surface area contributed by atoms with E-state index in [-0.39, 0.29) is 38.1 Å². The van der Waals surface area contributed by atoms with Crippen molar-refractivity contribution in [2.45, 2.75) is 149 Å². The maximum atomic E-state index is 14.5. The van der Waals surface area contributed by atoms with Crippen LogP contribution in [0.4, 0.5) is 13.2 Å². The number of carbonyl (C=O) groups is 8. The molecule has 3 rings (SSSR count). The van der Waals surface area contributed by atoms with Crippen molar-refractivity contribution in [3.63, 3.8) is 0 Å². The molecule has 64 heavy (non-hydrogen) atoms. The van der Waals surface area contributed by atoms with E-state index in [0.717, 1.165) is 11.8 Å². The van der Waals surface area contributed by atoms with Gasteiger partial charge in [0.2, 0.25) is 23.6 Å². The van der Waals surface area contributed by atoms with Crippen molar-refractivity contribution in [1.82, 2.24) is 25.8 Å². The molecule has 0 spiro atoms. The molecule has 2 aliphatic heterocycles. The standard InChI is InChI=1S/C44H64F3N5O12/c1-11-24(6)34-32(53)21-33(54)64-37(23(4)5)36(55)25(7)38(56)48-29(19-22(2)3)40(58)52-18-12-13-30(52)41(59)51(9)31(20-27-14-16-28(62-10)17-15-27)42(60)63-26(8)35(39(57)49-34)50-43(61)44(45,46)47/h14-17,22-26,29-32,34-35,37,53H,11-13,18-21H2,1-10H3,(H,48,56)(H,49,57)(H,50,61)/t24-,25-,26+,29-,30-,31-,32-,34+,35-,37-/m0/s1. The molecule has 2 fully saturated rings. The number of methoxy groups -OCH3 is 1. The van der Waals surface area contributed by atoms with E-state index < -0.39 is 126 Å². The second-order valence-corrected chi connectivity index (χ2v) is 17.5. The summed E-state index contributed by atoms with van der Waals surface area (Å²) in [6, 6.07) is -1.07. The number of rotatable bonds is 9. The Morgan fingerprint density at radius 3 is 2.12 bits per heavy atom. The molecule has 2 heterocycles. The highest BCUT2D eigenvalue weighted by atomic mass is 19.4. The maximum Gasteiger partial charge on any atom is 0.471 e. The van der Waals surface area contributed by atoms with Gasteiger partial charge >= 0.3 is 24.0 Å². The van der Waals surface area contributed by atoms with Crippen molar-refractivity contribution in [2.24, 2.45) is 23.7 Å². The summed E-state index contributed by atoms with van der Waals surface area (Å²) >= 11 is 0. The number of Topliss-reactive ketones (excluding diaryl/α,β-unsaturated/α-hetero) is 1. The number of halogens is 3. The molecule has 0 unspecified atom stereocenters. The molecular formula is C44H64F3N5O12. The van der Waals surface area contributed by atoms with Crippen LogP contribution in [0.5, 0.6) is 5.75 Å². The fraction of sp³-hybridized carbons (Fsp3) is 0.682.